The third-order valence-corrected chi connectivity index (χ3v) is 3.18. The summed E-state index contributed by atoms with van der Waals surface area (Å²) in [6, 6.07) is 4.36. The van der Waals surface area contributed by atoms with Crippen LogP contribution in [-0.4, -0.2) is 30.1 Å². The molecule has 3 nitrogen and oxygen atoms in total. The zero-order valence-corrected chi connectivity index (χ0v) is 10.4. The summed E-state index contributed by atoms with van der Waals surface area (Å²) < 4.78 is 0. The van der Waals surface area contributed by atoms with Crippen LogP contribution in [0, 0.1) is 0 Å². The Hall–Kier alpha value is -0.900. The van der Waals surface area contributed by atoms with E-state index < -0.39 is 0 Å². The van der Waals surface area contributed by atoms with E-state index in [2.05, 4.69) is 30.1 Å². The topological polar surface area (TPSA) is 42.1 Å². The van der Waals surface area contributed by atoms with Gasteiger partial charge in [0.25, 0.3) is 0 Å². The van der Waals surface area contributed by atoms with Crippen molar-refractivity contribution in [1.29, 1.82) is 0 Å². The fourth-order valence-corrected chi connectivity index (χ4v) is 1.89. The predicted octanol–water partition coefficient (Wildman–Crippen LogP) is 2.24. The van der Waals surface area contributed by atoms with Crippen LogP contribution >= 0.6 is 11.8 Å². The number of nitrogens with two attached hydrogens (primary N) is 1. The van der Waals surface area contributed by atoms with Crippen molar-refractivity contribution >= 4 is 23.3 Å². The molecule has 1 atom stereocenters. The van der Waals surface area contributed by atoms with Crippen LogP contribution in [0.15, 0.2) is 18.3 Å². The molecular formula is C11H19N3S. The molecule has 2 N–H and O–H groups in total. The van der Waals surface area contributed by atoms with Crippen LogP contribution in [-0.2, 0) is 0 Å². The van der Waals surface area contributed by atoms with Gasteiger partial charge in [0.05, 0.1) is 11.9 Å². The first-order valence-corrected chi connectivity index (χ1v) is 6.48. The summed E-state index contributed by atoms with van der Waals surface area (Å²) in [6.45, 7) is 2.22. The van der Waals surface area contributed by atoms with Gasteiger partial charge in [-0.05, 0) is 37.5 Å². The number of nitrogen functional groups attached to an aromatic ring is 1. The van der Waals surface area contributed by atoms with Gasteiger partial charge in [-0.3, -0.25) is 0 Å². The zero-order chi connectivity index (χ0) is 11.3. The molecule has 0 fully saturated rings. The van der Waals surface area contributed by atoms with E-state index in [0.717, 1.165) is 5.82 Å². The van der Waals surface area contributed by atoms with Gasteiger partial charge in [-0.1, -0.05) is 0 Å². The first-order valence-electron chi connectivity index (χ1n) is 5.08. The quantitative estimate of drug-likeness (QED) is 0.834. The van der Waals surface area contributed by atoms with E-state index in [-0.39, 0.29) is 0 Å². The highest BCUT2D eigenvalue weighted by molar-refractivity contribution is 7.98. The minimum Gasteiger partial charge on any atom is -0.397 e. The van der Waals surface area contributed by atoms with E-state index in [4.69, 9.17) is 5.73 Å². The molecule has 0 spiro atoms. The van der Waals surface area contributed by atoms with Crippen molar-refractivity contribution in [2.24, 2.45) is 0 Å². The summed E-state index contributed by atoms with van der Waals surface area (Å²) in [7, 11) is 2.07. The second-order valence-electron chi connectivity index (χ2n) is 3.69. The molecule has 1 heterocycles. The van der Waals surface area contributed by atoms with Gasteiger partial charge in [0.1, 0.15) is 5.82 Å². The Kier molecular flexibility index (Phi) is 4.75. The fraction of sp³-hybridized carbons (Fsp3) is 0.545. The highest BCUT2D eigenvalue weighted by Gasteiger charge is 2.10. The summed E-state index contributed by atoms with van der Waals surface area (Å²) >= 11 is 1.88. The maximum atomic E-state index is 5.60. The summed E-state index contributed by atoms with van der Waals surface area (Å²) in [4.78, 5) is 6.49. The molecule has 1 aromatic rings. The lowest BCUT2D eigenvalue weighted by molar-refractivity contribution is 0.662. The molecule has 0 aliphatic rings. The van der Waals surface area contributed by atoms with Gasteiger partial charge in [-0.2, -0.15) is 11.8 Å². The molecule has 84 valence electrons. The SMILES string of the molecule is CSCCC(C)N(C)c1ccc(N)cn1. The van der Waals surface area contributed by atoms with Gasteiger partial charge in [-0.15, -0.1) is 0 Å². The fourth-order valence-electron chi connectivity index (χ4n) is 1.31. The first-order chi connectivity index (χ1) is 7.15. The van der Waals surface area contributed by atoms with Crippen molar-refractivity contribution in [3.8, 4) is 0 Å². The molecule has 4 heteroatoms. The predicted molar refractivity (Wildman–Crippen MR) is 69.5 cm³/mol. The van der Waals surface area contributed by atoms with Gasteiger partial charge in [-0.25, -0.2) is 4.98 Å². The maximum Gasteiger partial charge on any atom is 0.128 e. The average molecular weight is 225 g/mol. The molecule has 0 aliphatic heterocycles. The molecule has 1 aromatic heterocycles. The number of rotatable bonds is 5. The third kappa shape index (κ3) is 3.63. The van der Waals surface area contributed by atoms with E-state index in [9.17, 15) is 0 Å². The minimum absolute atomic E-state index is 0.508. The van der Waals surface area contributed by atoms with E-state index in [0.29, 0.717) is 11.7 Å². The molecule has 0 saturated carbocycles. The Morgan fingerprint density at radius 2 is 2.27 bits per heavy atom. The molecule has 15 heavy (non-hydrogen) atoms. The number of thioether (sulfide) groups is 1. The van der Waals surface area contributed by atoms with Crippen LogP contribution in [0.4, 0.5) is 11.5 Å². The Labute approximate surface area is 96.1 Å². The van der Waals surface area contributed by atoms with Gasteiger partial charge < -0.3 is 10.6 Å². The molecular weight excluding hydrogens is 206 g/mol. The molecule has 0 amide bonds. The van der Waals surface area contributed by atoms with E-state index in [1.807, 2.05) is 23.9 Å². The number of anilines is 2. The molecule has 0 aliphatic carbocycles. The van der Waals surface area contributed by atoms with Crippen LogP contribution in [0.5, 0.6) is 0 Å². The largest absolute Gasteiger partial charge is 0.397 e. The highest BCUT2D eigenvalue weighted by atomic mass is 32.2. The summed E-state index contributed by atoms with van der Waals surface area (Å²) in [5.41, 5.74) is 6.31. The Morgan fingerprint density at radius 3 is 2.80 bits per heavy atom. The van der Waals surface area contributed by atoms with Gasteiger partial charge in [0.2, 0.25) is 0 Å². The monoisotopic (exact) mass is 225 g/mol. The number of pyridine rings is 1. The normalized spacial score (nSPS) is 12.5. The lowest BCUT2D eigenvalue weighted by Gasteiger charge is -2.25. The summed E-state index contributed by atoms with van der Waals surface area (Å²) in [5.74, 6) is 2.17. The number of aromatic nitrogens is 1. The van der Waals surface area contributed by atoms with Crippen LogP contribution in [0.2, 0.25) is 0 Å². The number of hydrogen-bond donors (Lipinski definition) is 1. The minimum atomic E-state index is 0.508. The Balaban J connectivity index is 2.59. The first kappa shape index (κ1) is 12.2. The van der Waals surface area contributed by atoms with Crippen LogP contribution in [0.3, 0.4) is 0 Å². The lowest BCUT2D eigenvalue weighted by Crippen LogP contribution is -2.29. The second kappa shape index (κ2) is 5.85. The van der Waals surface area contributed by atoms with E-state index >= 15 is 0 Å². The van der Waals surface area contributed by atoms with Gasteiger partial charge in [0, 0.05) is 13.1 Å². The van der Waals surface area contributed by atoms with Crippen molar-refractivity contribution < 1.29 is 0 Å². The number of hydrogen-bond acceptors (Lipinski definition) is 4. The summed E-state index contributed by atoms with van der Waals surface area (Å²) in [5, 5.41) is 0. The van der Waals surface area contributed by atoms with Crippen molar-refractivity contribution in [2.45, 2.75) is 19.4 Å². The lowest BCUT2D eigenvalue weighted by atomic mass is 10.2. The number of nitrogens with zero attached hydrogens (tertiary/aromatic N) is 2. The molecule has 0 radical (unpaired) electrons. The Bertz CT molecular complexity index is 286. The Morgan fingerprint density at radius 1 is 1.53 bits per heavy atom. The highest BCUT2D eigenvalue weighted by Crippen LogP contribution is 2.15. The molecule has 1 unspecified atom stereocenters. The van der Waals surface area contributed by atoms with Crippen molar-refractivity contribution in [3.63, 3.8) is 0 Å². The average Bonchev–Trinajstić information content (AvgIpc) is 2.26. The molecule has 0 saturated heterocycles. The molecule has 0 aromatic carbocycles. The zero-order valence-electron chi connectivity index (χ0n) is 9.60. The van der Waals surface area contributed by atoms with Crippen molar-refractivity contribution in [2.75, 3.05) is 29.7 Å². The van der Waals surface area contributed by atoms with E-state index in [1.54, 1.807) is 6.20 Å². The standard InChI is InChI=1S/C11H19N3S/c1-9(6-7-15-3)14(2)11-5-4-10(12)8-13-11/h4-5,8-9H,6-7,12H2,1-3H3. The van der Waals surface area contributed by atoms with Crippen LogP contribution in [0.1, 0.15) is 13.3 Å². The molecule has 0 bridgehead atoms. The smallest absolute Gasteiger partial charge is 0.128 e. The van der Waals surface area contributed by atoms with Crippen LogP contribution < -0.4 is 10.6 Å². The summed E-state index contributed by atoms with van der Waals surface area (Å²) in [6.07, 6.45) is 5.00. The van der Waals surface area contributed by atoms with Crippen LogP contribution in [0.25, 0.3) is 0 Å². The van der Waals surface area contributed by atoms with Gasteiger partial charge >= 0.3 is 0 Å². The third-order valence-electron chi connectivity index (χ3n) is 2.53. The van der Waals surface area contributed by atoms with E-state index in [1.165, 1.54) is 12.2 Å². The maximum absolute atomic E-state index is 5.60. The van der Waals surface area contributed by atoms with Crippen molar-refractivity contribution in [3.05, 3.63) is 18.3 Å². The van der Waals surface area contributed by atoms with Crippen molar-refractivity contribution in [1.82, 2.24) is 4.98 Å². The molecule has 1 rings (SSSR count). The second-order valence-corrected chi connectivity index (χ2v) is 4.68. The van der Waals surface area contributed by atoms with Gasteiger partial charge in [0.15, 0.2) is 0 Å².